The molecular weight excluding hydrogens is 297 g/mol. The summed E-state index contributed by atoms with van der Waals surface area (Å²) in [5.74, 6) is -0.492. The predicted octanol–water partition coefficient (Wildman–Crippen LogP) is 2.45. The lowest BCUT2D eigenvalue weighted by atomic mass is 10.1. The molecule has 0 unspecified atom stereocenters. The van der Waals surface area contributed by atoms with Gasteiger partial charge in [0.25, 0.3) is 5.91 Å². The monoisotopic (exact) mass is 314 g/mol. The van der Waals surface area contributed by atoms with E-state index in [1.807, 2.05) is 0 Å². The quantitative estimate of drug-likeness (QED) is 0.928. The molecule has 0 radical (unpaired) electrons. The average Bonchev–Trinajstić information content (AvgIpc) is 3.00. The third kappa shape index (κ3) is 4.22. The van der Waals surface area contributed by atoms with Gasteiger partial charge in [0.2, 0.25) is 5.91 Å². The van der Waals surface area contributed by atoms with E-state index < -0.39 is 17.6 Å². The molecule has 120 valence electrons. The number of nitrogens with one attached hydrogen (secondary N) is 1. The minimum Gasteiger partial charge on any atom is -0.352 e. The number of likely N-dealkylation sites (tertiary alicyclic amines) is 1. The molecule has 0 atom stereocenters. The van der Waals surface area contributed by atoms with Crippen molar-refractivity contribution in [2.75, 3.05) is 19.6 Å². The van der Waals surface area contributed by atoms with E-state index in [1.165, 1.54) is 0 Å². The Morgan fingerprint density at radius 1 is 1.09 bits per heavy atom. The molecule has 2 rings (SSSR count). The number of nitrogens with zero attached hydrogens (tertiary/aromatic N) is 1. The number of halogens is 3. The lowest BCUT2D eigenvalue weighted by Crippen LogP contribution is -2.32. The largest absolute Gasteiger partial charge is 0.416 e. The van der Waals surface area contributed by atoms with Crippen LogP contribution < -0.4 is 5.32 Å². The molecule has 4 nitrogen and oxygen atoms in total. The van der Waals surface area contributed by atoms with E-state index in [-0.39, 0.29) is 24.4 Å². The lowest BCUT2D eigenvalue weighted by molar-refractivity contribution is -0.137. The zero-order chi connectivity index (χ0) is 16.2. The van der Waals surface area contributed by atoms with Gasteiger partial charge >= 0.3 is 6.18 Å². The maximum atomic E-state index is 12.4. The van der Waals surface area contributed by atoms with E-state index >= 15 is 0 Å². The van der Waals surface area contributed by atoms with Crippen LogP contribution in [0.5, 0.6) is 0 Å². The maximum Gasteiger partial charge on any atom is 0.416 e. The summed E-state index contributed by atoms with van der Waals surface area (Å²) in [5.41, 5.74) is -0.658. The number of benzene rings is 1. The molecule has 22 heavy (non-hydrogen) atoms. The fraction of sp³-hybridized carbons (Fsp3) is 0.467. The highest BCUT2D eigenvalue weighted by Crippen LogP contribution is 2.29. The Morgan fingerprint density at radius 3 is 2.23 bits per heavy atom. The highest BCUT2D eigenvalue weighted by molar-refractivity contribution is 5.94. The predicted molar refractivity (Wildman–Crippen MR) is 74.2 cm³/mol. The van der Waals surface area contributed by atoms with Crippen molar-refractivity contribution in [2.45, 2.75) is 25.4 Å². The van der Waals surface area contributed by atoms with Crippen LogP contribution in [-0.4, -0.2) is 36.3 Å². The van der Waals surface area contributed by atoms with E-state index in [0.717, 1.165) is 50.2 Å². The summed E-state index contributed by atoms with van der Waals surface area (Å²) >= 11 is 0. The van der Waals surface area contributed by atoms with E-state index in [4.69, 9.17) is 0 Å². The van der Waals surface area contributed by atoms with Gasteiger partial charge in [0.05, 0.1) is 5.56 Å². The Hall–Kier alpha value is -2.05. The Balaban J connectivity index is 1.80. The molecule has 0 aliphatic carbocycles. The van der Waals surface area contributed by atoms with Crippen LogP contribution in [0, 0.1) is 0 Å². The molecule has 1 aliphatic rings. The summed E-state index contributed by atoms with van der Waals surface area (Å²) in [4.78, 5) is 25.3. The van der Waals surface area contributed by atoms with Gasteiger partial charge in [-0.05, 0) is 37.1 Å². The van der Waals surface area contributed by atoms with Crippen LogP contribution in [0.2, 0.25) is 0 Å². The molecule has 1 aromatic rings. The third-order valence-corrected chi connectivity index (χ3v) is 3.56. The second-order valence-electron chi connectivity index (χ2n) is 5.17. The molecule has 2 amide bonds. The van der Waals surface area contributed by atoms with Crippen molar-refractivity contribution in [3.8, 4) is 0 Å². The molecule has 0 aromatic heterocycles. The van der Waals surface area contributed by atoms with Gasteiger partial charge in [0, 0.05) is 31.6 Å². The van der Waals surface area contributed by atoms with Crippen molar-refractivity contribution in [3.63, 3.8) is 0 Å². The number of rotatable bonds is 4. The molecule has 7 heteroatoms. The van der Waals surface area contributed by atoms with E-state index in [0.29, 0.717) is 0 Å². The number of carbonyl (C=O) groups excluding carboxylic acids is 2. The van der Waals surface area contributed by atoms with Crippen molar-refractivity contribution in [2.24, 2.45) is 0 Å². The fourth-order valence-electron chi connectivity index (χ4n) is 2.32. The maximum absolute atomic E-state index is 12.4. The van der Waals surface area contributed by atoms with Gasteiger partial charge in [-0.3, -0.25) is 9.59 Å². The van der Waals surface area contributed by atoms with Gasteiger partial charge in [-0.2, -0.15) is 13.2 Å². The molecule has 1 saturated heterocycles. The van der Waals surface area contributed by atoms with Crippen LogP contribution in [0.4, 0.5) is 13.2 Å². The second kappa shape index (κ2) is 6.81. The van der Waals surface area contributed by atoms with Crippen LogP contribution in [0.3, 0.4) is 0 Å². The first-order valence-electron chi connectivity index (χ1n) is 7.11. The van der Waals surface area contributed by atoms with Crippen LogP contribution in [0.15, 0.2) is 24.3 Å². The number of hydrogen-bond acceptors (Lipinski definition) is 2. The number of alkyl halides is 3. The number of carbonyl (C=O) groups is 2. The van der Waals surface area contributed by atoms with Crippen molar-refractivity contribution in [1.29, 1.82) is 0 Å². The lowest BCUT2D eigenvalue weighted by Gasteiger charge is -2.15. The standard InChI is InChI=1S/C15H17F3N2O2/c16-15(17,18)12-5-3-11(4-6-12)14(22)19-8-7-13(21)20-9-1-2-10-20/h3-6H,1-2,7-10H2,(H,19,22). The second-order valence-corrected chi connectivity index (χ2v) is 5.17. The average molecular weight is 314 g/mol. The summed E-state index contributed by atoms with van der Waals surface area (Å²) in [7, 11) is 0. The highest BCUT2D eigenvalue weighted by atomic mass is 19.4. The molecule has 0 saturated carbocycles. The van der Waals surface area contributed by atoms with Crippen LogP contribution >= 0.6 is 0 Å². The Morgan fingerprint density at radius 2 is 1.68 bits per heavy atom. The first-order valence-corrected chi connectivity index (χ1v) is 7.11. The van der Waals surface area contributed by atoms with Crippen molar-refractivity contribution >= 4 is 11.8 Å². The Kier molecular flexibility index (Phi) is 5.05. The fourth-order valence-corrected chi connectivity index (χ4v) is 2.32. The highest BCUT2D eigenvalue weighted by Gasteiger charge is 2.30. The zero-order valence-corrected chi connectivity index (χ0v) is 11.9. The van der Waals surface area contributed by atoms with E-state index in [2.05, 4.69) is 5.32 Å². The molecule has 1 fully saturated rings. The Bertz CT molecular complexity index is 535. The van der Waals surface area contributed by atoms with Crippen molar-refractivity contribution in [3.05, 3.63) is 35.4 Å². The van der Waals surface area contributed by atoms with Gasteiger partial charge in [0.15, 0.2) is 0 Å². The summed E-state index contributed by atoms with van der Waals surface area (Å²) in [6, 6.07) is 3.98. The summed E-state index contributed by atoms with van der Waals surface area (Å²) in [6.07, 6.45) is -2.21. The smallest absolute Gasteiger partial charge is 0.352 e. The number of amides is 2. The van der Waals surface area contributed by atoms with E-state index in [9.17, 15) is 22.8 Å². The van der Waals surface area contributed by atoms with Gasteiger partial charge < -0.3 is 10.2 Å². The summed E-state index contributed by atoms with van der Waals surface area (Å²) < 4.78 is 37.3. The Labute approximate surface area is 126 Å². The van der Waals surface area contributed by atoms with Crippen molar-refractivity contribution in [1.82, 2.24) is 10.2 Å². The van der Waals surface area contributed by atoms with Crippen LogP contribution in [0.25, 0.3) is 0 Å². The first kappa shape index (κ1) is 16.3. The zero-order valence-electron chi connectivity index (χ0n) is 11.9. The minimum absolute atomic E-state index is 0.00906. The number of hydrogen-bond donors (Lipinski definition) is 1. The van der Waals surface area contributed by atoms with Gasteiger partial charge in [0.1, 0.15) is 0 Å². The molecule has 0 spiro atoms. The van der Waals surface area contributed by atoms with Gasteiger partial charge in [-0.15, -0.1) is 0 Å². The molecular formula is C15H17F3N2O2. The van der Waals surface area contributed by atoms with E-state index in [1.54, 1.807) is 4.90 Å². The molecule has 1 aromatic carbocycles. The first-order chi connectivity index (χ1) is 10.4. The summed E-state index contributed by atoms with van der Waals surface area (Å²) in [6.45, 7) is 1.69. The van der Waals surface area contributed by atoms with Gasteiger partial charge in [-0.1, -0.05) is 0 Å². The van der Waals surface area contributed by atoms with Crippen molar-refractivity contribution < 1.29 is 22.8 Å². The van der Waals surface area contributed by atoms with Gasteiger partial charge in [-0.25, -0.2) is 0 Å². The van der Waals surface area contributed by atoms with Crippen LogP contribution in [-0.2, 0) is 11.0 Å². The normalized spacial score (nSPS) is 15.0. The minimum atomic E-state index is -4.42. The summed E-state index contributed by atoms with van der Waals surface area (Å²) in [5, 5.41) is 2.54. The topological polar surface area (TPSA) is 49.4 Å². The van der Waals surface area contributed by atoms with Crippen LogP contribution in [0.1, 0.15) is 35.2 Å². The molecule has 1 N–H and O–H groups in total. The SMILES string of the molecule is O=C(NCCC(=O)N1CCCC1)c1ccc(C(F)(F)F)cc1. The third-order valence-electron chi connectivity index (χ3n) is 3.56. The molecule has 0 bridgehead atoms. The molecule has 1 heterocycles. The molecule has 1 aliphatic heterocycles.